The van der Waals surface area contributed by atoms with Crippen LogP contribution in [0.4, 0.5) is 0 Å². The third-order valence-electron chi connectivity index (χ3n) is 3.80. The van der Waals surface area contributed by atoms with Gasteiger partial charge < -0.3 is 10.1 Å². The van der Waals surface area contributed by atoms with E-state index in [1.807, 2.05) is 55.5 Å². The van der Waals surface area contributed by atoms with Gasteiger partial charge in [-0.1, -0.05) is 35.9 Å². The number of thioether (sulfide) groups is 1. The fourth-order valence-corrected chi connectivity index (χ4v) is 3.21. The Bertz CT molecular complexity index is 738. The van der Waals surface area contributed by atoms with Crippen LogP contribution in [0, 0.1) is 18.3 Å². The van der Waals surface area contributed by atoms with Gasteiger partial charge in [-0.05, 0) is 37.1 Å². The molecule has 0 spiro atoms. The summed E-state index contributed by atoms with van der Waals surface area (Å²) in [4.78, 5) is 11.8. The number of aryl methyl sites for hydroxylation is 1. The molecule has 0 aromatic heterocycles. The maximum absolute atomic E-state index is 11.8. The molecule has 0 atom stereocenters. The summed E-state index contributed by atoms with van der Waals surface area (Å²) in [6, 6.07) is 17.7. The van der Waals surface area contributed by atoms with Gasteiger partial charge >= 0.3 is 0 Å². The highest BCUT2D eigenvalue weighted by molar-refractivity contribution is 7.98. The van der Waals surface area contributed by atoms with E-state index in [0.717, 1.165) is 28.4 Å². The van der Waals surface area contributed by atoms with Crippen molar-refractivity contribution >= 4 is 17.7 Å². The molecule has 0 aliphatic carbocycles. The van der Waals surface area contributed by atoms with E-state index in [0.29, 0.717) is 26.0 Å². The maximum Gasteiger partial charge on any atom is 0.220 e. The zero-order valence-electron chi connectivity index (χ0n) is 15.0. The van der Waals surface area contributed by atoms with Crippen molar-refractivity contribution in [1.82, 2.24) is 5.32 Å². The molecule has 5 heteroatoms. The highest BCUT2D eigenvalue weighted by Gasteiger charge is 2.03. The van der Waals surface area contributed by atoms with Gasteiger partial charge in [0.15, 0.2) is 0 Å². The summed E-state index contributed by atoms with van der Waals surface area (Å²) in [5, 5.41) is 12.0. The van der Waals surface area contributed by atoms with Gasteiger partial charge in [0.25, 0.3) is 0 Å². The Morgan fingerprint density at radius 1 is 1.19 bits per heavy atom. The predicted molar refractivity (Wildman–Crippen MR) is 106 cm³/mol. The highest BCUT2D eigenvalue weighted by atomic mass is 32.2. The second kappa shape index (κ2) is 11.2. The number of amides is 1. The molecule has 1 N–H and O–H groups in total. The Balaban J connectivity index is 1.52. The molecule has 2 rings (SSSR count). The summed E-state index contributed by atoms with van der Waals surface area (Å²) in [6.07, 6.45) is 1.16. The molecule has 2 aromatic rings. The number of carbonyl (C=O) groups excluding carboxylic acids is 1. The smallest absolute Gasteiger partial charge is 0.220 e. The molecule has 0 fully saturated rings. The Morgan fingerprint density at radius 3 is 2.73 bits per heavy atom. The fourth-order valence-electron chi connectivity index (χ4n) is 2.35. The van der Waals surface area contributed by atoms with Crippen molar-refractivity contribution < 1.29 is 9.53 Å². The van der Waals surface area contributed by atoms with Gasteiger partial charge in [0, 0.05) is 24.5 Å². The first-order chi connectivity index (χ1) is 12.7. The number of rotatable bonds is 10. The molecular formula is C21H24N2O2S. The lowest BCUT2D eigenvalue weighted by atomic mass is 10.1. The number of carbonyl (C=O) groups is 1. The van der Waals surface area contributed by atoms with Gasteiger partial charge in [-0.25, -0.2) is 0 Å². The molecule has 26 heavy (non-hydrogen) atoms. The maximum atomic E-state index is 11.8. The van der Waals surface area contributed by atoms with Crippen LogP contribution in [0.2, 0.25) is 0 Å². The number of hydrogen-bond donors (Lipinski definition) is 1. The summed E-state index contributed by atoms with van der Waals surface area (Å²) in [5.41, 5.74) is 2.96. The number of nitriles is 1. The Kier molecular flexibility index (Phi) is 8.57. The molecule has 0 radical (unpaired) electrons. The van der Waals surface area contributed by atoms with Crippen molar-refractivity contribution in [2.24, 2.45) is 0 Å². The summed E-state index contributed by atoms with van der Waals surface area (Å²) in [6.45, 7) is 3.21. The van der Waals surface area contributed by atoms with Crippen LogP contribution in [0.25, 0.3) is 0 Å². The van der Waals surface area contributed by atoms with Gasteiger partial charge in [-0.3, -0.25) is 4.79 Å². The zero-order chi connectivity index (χ0) is 18.6. The van der Waals surface area contributed by atoms with Gasteiger partial charge in [-0.2, -0.15) is 17.0 Å². The molecule has 0 saturated heterocycles. The molecule has 136 valence electrons. The van der Waals surface area contributed by atoms with Crippen molar-refractivity contribution in [2.45, 2.75) is 25.5 Å². The van der Waals surface area contributed by atoms with Crippen LogP contribution >= 0.6 is 11.8 Å². The van der Waals surface area contributed by atoms with Gasteiger partial charge in [0.1, 0.15) is 5.75 Å². The predicted octanol–water partition coefficient (Wildman–Crippen LogP) is 4.08. The van der Waals surface area contributed by atoms with E-state index >= 15 is 0 Å². The molecule has 4 nitrogen and oxygen atoms in total. The molecule has 1 amide bonds. The van der Waals surface area contributed by atoms with Gasteiger partial charge in [-0.15, -0.1) is 0 Å². The minimum atomic E-state index is 0.0514. The molecular weight excluding hydrogens is 344 g/mol. The zero-order valence-corrected chi connectivity index (χ0v) is 15.8. The van der Waals surface area contributed by atoms with E-state index in [9.17, 15) is 4.79 Å². The highest BCUT2D eigenvalue weighted by Crippen LogP contribution is 2.15. The van der Waals surface area contributed by atoms with E-state index in [2.05, 4.69) is 11.4 Å². The number of ether oxygens (including phenoxy) is 1. The van der Waals surface area contributed by atoms with E-state index in [1.54, 1.807) is 11.8 Å². The monoisotopic (exact) mass is 368 g/mol. The van der Waals surface area contributed by atoms with Gasteiger partial charge in [0.05, 0.1) is 18.2 Å². The molecule has 0 heterocycles. The first-order valence-corrected chi connectivity index (χ1v) is 9.86. The lowest BCUT2D eigenvalue weighted by Gasteiger charge is -2.08. The molecule has 0 unspecified atom stereocenters. The Morgan fingerprint density at radius 2 is 1.96 bits per heavy atom. The van der Waals surface area contributed by atoms with Crippen LogP contribution in [0.1, 0.15) is 29.5 Å². The minimum absolute atomic E-state index is 0.0514. The van der Waals surface area contributed by atoms with Crippen molar-refractivity contribution in [3.63, 3.8) is 0 Å². The van der Waals surface area contributed by atoms with Gasteiger partial charge in [0.2, 0.25) is 5.91 Å². The molecule has 0 aliphatic rings. The average Bonchev–Trinajstić information content (AvgIpc) is 2.66. The standard InChI is InChI=1S/C21H24N2O2S/c1-17-8-10-20(11-9-17)25-13-4-7-21(24)23-12-14-26-16-19-6-3-2-5-18(19)15-22/h2-3,5-6,8-11H,4,7,12-14,16H2,1H3,(H,23,24). The minimum Gasteiger partial charge on any atom is -0.494 e. The van der Waals surface area contributed by atoms with Crippen molar-refractivity contribution in [3.8, 4) is 11.8 Å². The van der Waals surface area contributed by atoms with Crippen LogP contribution in [0.5, 0.6) is 5.75 Å². The van der Waals surface area contributed by atoms with Crippen molar-refractivity contribution in [3.05, 3.63) is 65.2 Å². The van der Waals surface area contributed by atoms with E-state index in [-0.39, 0.29) is 5.91 Å². The Labute approximate surface area is 159 Å². The van der Waals surface area contributed by atoms with E-state index in [4.69, 9.17) is 10.00 Å². The summed E-state index contributed by atoms with van der Waals surface area (Å²) in [7, 11) is 0. The first kappa shape index (κ1) is 19.9. The SMILES string of the molecule is Cc1ccc(OCCCC(=O)NCCSCc2ccccc2C#N)cc1. The topological polar surface area (TPSA) is 62.1 Å². The Hall–Kier alpha value is -2.45. The molecule has 0 aliphatic heterocycles. The summed E-state index contributed by atoms with van der Waals surface area (Å²) < 4.78 is 5.61. The van der Waals surface area contributed by atoms with Crippen LogP contribution in [-0.4, -0.2) is 24.8 Å². The summed E-state index contributed by atoms with van der Waals surface area (Å²) >= 11 is 1.71. The second-order valence-electron chi connectivity index (χ2n) is 5.94. The third-order valence-corrected chi connectivity index (χ3v) is 4.81. The van der Waals surface area contributed by atoms with Crippen molar-refractivity contribution in [2.75, 3.05) is 18.9 Å². The average molecular weight is 369 g/mol. The number of hydrogen-bond acceptors (Lipinski definition) is 4. The van der Waals surface area contributed by atoms with Crippen LogP contribution < -0.4 is 10.1 Å². The molecule has 0 saturated carbocycles. The number of nitrogens with zero attached hydrogens (tertiary/aromatic N) is 1. The lowest BCUT2D eigenvalue weighted by molar-refractivity contribution is -0.121. The summed E-state index contributed by atoms with van der Waals surface area (Å²) in [5.74, 6) is 2.50. The second-order valence-corrected chi connectivity index (χ2v) is 7.04. The molecule has 2 aromatic carbocycles. The lowest BCUT2D eigenvalue weighted by Crippen LogP contribution is -2.25. The quantitative estimate of drug-likeness (QED) is 0.642. The fraction of sp³-hybridized carbons (Fsp3) is 0.333. The van der Waals surface area contributed by atoms with Crippen LogP contribution in [0.15, 0.2) is 48.5 Å². The van der Waals surface area contributed by atoms with Crippen LogP contribution in [0.3, 0.4) is 0 Å². The van der Waals surface area contributed by atoms with Crippen LogP contribution in [-0.2, 0) is 10.5 Å². The third kappa shape index (κ3) is 7.20. The largest absolute Gasteiger partial charge is 0.494 e. The number of benzene rings is 2. The van der Waals surface area contributed by atoms with E-state index in [1.165, 1.54) is 5.56 Å². The van der Waals surface area contributed by atoms with Crippen molar-refractivity contribution in [1.29, 1.82) is 5.26 Å². The molecule has 0 bridgehead atoms. The number of nitrogens with one attached hydrogen (secondary N) is 1. The normalized spacial score (nSPS) is 10.2. The first-order valence-electron chi connectivity index (χ1n) is 8.71. The van der Waals surface area contributed by atoms with E-state index < -0.39 is 0 Å².